The van der Waals surface area contributed by atoms with E-state index in [-0.39, 0.29) is 11.7 Å². The van der Waals surface area contributed by atoms with Crippen LogP contribution >= 0.6 is 0 Å². The lowest BCUT2D eigenvalue weighted by atomic mass is 9.74. The van der Waals surface area contributed by atoms with Gasteiger partial charge in [0.1, 0.15) is 0 Å². The number of Topliss-reactive ketones (excluding diaryl/α,β-unsaturated/α-hetero) is 1. The first kappa shape index (κ1) is 25.3. The molecule has 0 spiro atoms. The van der Waals surface area contributed by atoms with E-state index in [2.05, 4.69) is 46.2 Å². The van der Waals surface area contributed by atoms with Crippen molar-refractivity contribution in [2.45, 2.75) is 122 Å². The molecule has 0 amide bonds. The Morgan fingerprint density at radius 2 is 1.52 bits per heavy atom. The van der Waals surface area contributed by atoms with E-state index < -0.39 is 57.4 Å². The van der Waals surface area contributed by atoms with E-state index in [4.69, 9.17) is 23.1 Å². The van der Waals surface area contributed by atoms with Crippen LogP contribution in [0.15, 0.2) is 11.1 Å². The Hall–Kier alpha value is -0.846. The number of carbonyl (C=O) groups is 2. The number of ketones is 1. The Morgan fingerprint density at radius 1 is 0.939 bits per heavy atom. The third-order valence-corrected chi connectivity index (χ3v) is 9.37. The van der Waals surface area contributed by atoms with E-state index in [0.717, 1.165) is 5.57 Å². The van der Waals surface area contributed by atoms with Crippen LogP contribution in [-0.2, 0) is 32.7 Å². The summed E-state index contributed by atoms with van der Waals surface area (Å²) < 4.78 is 33.0. The summed E-state index contributed by atoms with van der Waals surface area (Å²) in [7, 11) is -4.28. The molecule has 0 aromatic carbocycles. The SMILES string of the molecule is CC1=C2[C@@H]3OC(=O)[C@@]4(C)OC(C)(C)O[C@@H](C[C@](C)(O[Si](C)(C)C)[C@H]2CC1=O)[C@@]34O[Si](C)(C)C. The summed E-state index contributed by atoms with van der Waals surface area (Å²) in [5.74, 6) is -1.61. The highest BCUT2D eigenvalue weighted by molar-refractivity contribution is 6.70. The summed E-state index contributed by atoms with van der Waals surface area (Å²) in [5, 5.41) is 0. The largest absolute Gasteiger partial charge is 0.452 e. The van der Waals surface area contributed by atoms with Gasteiger partial charge in [0.15, 0.2) is 45.5 Å². The van der Waals surface area contributed by atoms with Crippen molar-refractivity contribution in [1.82, 2.24) is 0 Å². The van der Waals surface area contributed by atoms with Gasteiger partial charge in [-0.2, -0.15) is 0 Å². The second kappa shape index (κ2) is 7.10. The molecule has 7 nitrogen and oxygen atoms in total. The average Bonchev–Trinajstić information content (AvgIpc) is 2.95. The number of carbonyl (C=O) groups excluding carboxylic acids is 2. The first-order chi connectivity index (χ1) is 14.7. The van der Waals surface area contributed by atoms with Gasteiger partial charge in [-0.3, -0.25) is 4.79 Å². The van der Waals surface area contributed by atoms with Crippen LogP contribution in [0.2, 0.25) is 39.3 Å². The van der Waals surface area contributed by atoms with Crippen LogP contribution in [0.4, 0.5) is 0 Å². The molecule has 0 radical (unpaired) electrons. The maximum atomic E-state index is 13.5. The molecule has 0 aromatic heterocycles. The maximum absolute atomic E-state index is 13.5. The summed E-state index contributed by atoms with van der Waals surface area (Å²) >= 11 is 0. The molecule has 186 valence electrons. The van der Waals surface area contributed by atoms with Crippen LogP contribution in [-0.4, -0.2) is 63.2 Å². The van der Waals surface area contributed by atoms with Crippen molar-refractivity contribution in [3.05, 3.63) is 11.1 Å². The number of hydrogen-bond acceptors (Lipinski definition) is 7. The quantitative estimate of drug-likeness (QED) is 0.423. The van der Waals surface area contributed by atoms with Crippen molar-refractivity contribution in [1.29, 1.82) is 0 Å². The summed E-state index contributed by atoms with van der Waals surface area (Å²) in [6.45, 7) is 22.1. The predicted octanol–water partition coefficient (Wildman–Crippen LogP) is 4.33. The maximum Gasteiger partial charge on any atom is 0.342 e. The van der Waals surface area contributed by atoms with E-state index in [0.29, 0.717) is 18.4 Å². The number of rotatable bonds is 4. The number of esters is 1. The van der Waals surface area contributed by atoms with Crippen molar-refractivity contribution in [3.63, 3.8) is 0 Å². The summed E-state index contributed by atoms with van der Waals surface area (Å²) in [6.07, 6.45) is -0.457. The molecule has 2 saturated heterocycles. The molecule has 1 saturated carbocycles. The van der Waals surface area contributed by atoms with Crippen LogP contribution in [0.25, 0.3) is 0 Å². The van der Waals surface area contributed by atoms with E-state index in [1.54, 1.807) is 6.92 Å². The molecule has 33 heavy (non-hydrogen) atoms. The highest BCUT2D eigenvalue weighted by Gasteiger charge is 2.79. The first-order valence-electron chi connectivity index (χ1n) is 12.0. The highest BCUT2D eigenvalue weighted by atomic mass is 28.4. The van der Waals surface area contributed by atoms with Crippen molar-refractivity contribution >= 4 is 28.4 Å². The van der Waals surface area contributed by atoms with Crippen molar-refractivity contribution in [2.24, 2.45) is 5.92 Å². The van der Waals surface area contributed by atoms with Crippen LogP contribution in [0.1, 0.15) is 47.5 Å². The number of allylic oxidation sites excluding steroid dienone is 1. The van der Waals surface area contributed by atoms with Crippen LogP contribution in [0, 0.1) is 5.92 Å². The van der Waals surface area contributed by atoms with Gasteiger partial charge in [-0.15, -0.1) is 0 Å². The van der Waals surface area contributed by atoms with E-state index in [1.165, 1.54) is 0 Å². The molecule has 6 atom stereocenters. The van der Waals surface area contributed by atoms with Gasteiger partial charge in [0.25, 0.3) is 0 Å². The average molecular weight is 497 g/mol. The van der Waals surface area contributed by atoms with Gasteiger partial charge in [0, 0.05) is 18.8 Å². The van der Waals surface area contributed by atoms with Crippen molar-refractivity contribution in [3.8, 4) is 0 Å². The molecule has 0 unspecified atom stereocenters. The predicted molar refractivity (Wildman–Crippen MR) is 129 cm³/mol. The van der Waals surface area contributed by atoms with Gasteiger partial charge < -0.3 is 23.1 Å². The fraction of sp³-hybridized carbons (Fsp3) is 0.833. The Kier molecular flexibility index (Phi) is 5.43. The number of ether oxygens (including phenoxy) is 3. The summed E-state index contributed by atoms with van der Waals surface area (Å²) in [4.78, 5) is 26.6. The van der Waals surface area contributed by atoms with Gasteiger partial charge in [0.05, 0.1) is 11.7 Å². The zero-order valence-electron chi connectivity index (χ0n) is 22.0. The second-order valence-corrected chi connectivity index (χ2v) is 21.8. The zero-order valence-corrected chi connectivity index (χ0v) is 24.0. The van der Waals surface area contributed by atoms with Gasteiger partial charge in [-0.25, -0.2) is 4.79 Å². The smallest absolute Gasteiger partial charge is 0.342 e. The summed E-state index contributed by atoms with van der Waals surface area (Å²) in [6, 6.07) is 0. The van der Waals surface area contributed by atoms with E-state index in [9.17, 15) is 9.59 Å². The molecule has 2 aliphatic heterocycles. The molecule has 0 bridgehead atoms. The lowest BCUT2D eigenvalue weighted by Gasteiger charge is -2.56. The van der Waals surface area contributed by atoms with Crippen molar-refractivity contribution in [2.75, 3.05) is 0 Å². The van der Waals surface area contributed by atoms with Crippen LogP contribution in [0.5, 0.6) is 0 Å². The fourth-order valence-electron chi connectivity index (χ4n) is 6.59. The molecular weight excluding hydrogens is 456 g/mol. The van der Waals surface area contributed by atoms with E-state index in [1.807, 2.05) is 20.8 Å². The topological polar surface area (TPSA) is 80.3 Å². The first-order valence-corrected chi connectivity index (χ1v) is 18.8. The molecule has 2 heterocycles. The number of fused-ring (bicyclic) bond motifs is 2. The van der Waals surface area contributed by atoms with Gasteiger partial charge in [-0.1, -0.05) is 0 Å². The zero-order chi connectivity index (χ0) is 25.0. The molecule has 9 heteroatoms. The Balaban J connectivity index is 2.03. The summed E-state index contributed by atoms with van der Waals surface area (Å²) in [5.41, 5.74) is -1.77. The Labute approximate surface area is 199 Å². The second-order valence-electron chi connectivity index (χ2n) is 12.9. The van der Waals surface area contributed by atoms with Crippen LogP contribution < -0.4 is 0 Å². The van der Waals surface area contributed by atoms with Gasteiger partial charge in [0.2, 0.25) is 0 Å². The lowest BCUT2D eigenvalue weighted by Crippen LogP contribution is -2.74. The molecule has 2 aliphatic carbocycles. The molecule has 0 N–H and O–H groups in total. The normalized spacial score (nSPS) is 42.7. The van der Waals surface area contributed by atoms with E-state index >= 15 is 0 Å². The third kappa shape index (κ3) is 3.74. The number of hydrogen-bond donors (Lipinski definition) is 0. The standard InChI is InChI=1S/C24H40O7Si2/c1-14-16(25)12-15-18(14)19-24(31-33(9,10)11)17(13-22(15,4)30-32(6,7)8)28-21(2,3)29-23(24,5)20(26)27-19/h15,17,19H,12-13H2,1-11H3/t15-,17-,19-,22-,23+,24+/m0/s1. The molecular formula is C24H40O7Si2. The minimum atomic E-state index is -2.26. The lowest BCUT2D eigenvalue weighted by molar-refractivity contribution is -0.377. The van der Waals surface area contributed by atoms with Crippen LogP contribution in [0.3, 0.4) is 0 Å². The molecule has 3 fully saturated rings. The third-order valence-electron chi connectivity index (χ3n) is 7.34. The highest BCUT2D eigenvalue weighted by Crippen LogP contribution is 2.61. The minimum Gasteiger partial charge on any atom is -0.452 e. The molecule has 4 rings (SSSR count). The molecule has 0 aromatic rings. The van der Waals surface area contributed by atoms with Gasteiger partial charge >= 0.3 is 5.97 Å². The Bertz CT molecular complexity index is 930. The van der Waals surface area contributed by atoms with Gasteiger partial charge in [-0.05, 0) is 85.0 Å². The Morgan fingerprint density at radius 3 is 2.06 bits per heavy atom. The fourth-order valence-corrected chi connectivity index (χ4v) is 9.66. The minimum absolute atomic E-state index is 0.0737. The molecule has 4 aliphatic rings. The van der Waals surface area contributed by atoms with Crippen molar-refractivity contribution < 1.29 is 32.7 Å². The monoisotopic (exact) mass is 496 g/mol.